The van der Waals surface area contributed by atoms with Crippen LogP contribution in [0.4, 0.5) is 0 Å². The van der Waals surface area contributed by atoms with Crippen molar-refractivity contribution in [2.75, 3.05) is 0 Å². The Bertz CT molecular complexity index is 709. The topological polar surface area (TPSA) is 103 Å². The van der Waals surface area contributed by atoms with Gasteiger partial charge in [0.25, 0.3) is 0 Å². The van der Waals surface area contributed by atoms with Crippen molar-refractivity contribution in [3.63, 3.8) is 0 Å². The molecule has 1 saturated carbocycles. The Morgan fingerprint density at radius 2 is 2.09 bits per heavy atom. The molecule has 0 unspecified atom stereocenters. The van der Waals surface area contributed by atoms with Gasteiger partial charge in [0.1, 0.15) is 4.90 Å². The van der Waals surface area contributed by atoms with Crippen molar-refractivity contribution in [2.24, 2.45) is 0 Å². The summed E-state index contributed by atoms with van der Waals surface area (Å²) < 4.78 is 28.7. The third-order valence-electron chi connectivity index (χ3n) is 3.85. The van der Waals surface area contributed by atoms with Crippen LogP contribution in [0.5, 0.6) is 0 Å². The highest BCUT2D eigenvalue weighted by Gasteiger charge is 2.21. The van der Waals surface area contributed by atoms with E-state index in [1.165, 1.54) is 24.9 Å². The van der Waals surface area contributed by atoms with Crippen LogP contribution in [0.1, 0.15) is 44.0 Å². The molecule has 9 heteroatoms. The first-order chi connectivity index (χ1) is 10.7. The van der Waals surface area contributed by atoms with Gasteiger partial charge >= 0.3 is 0 Å². The molecule has 118 valence electrons. The number of rotatable bonds is 5. The maximum Gasteiger partial charge on any atom is 0.242 e. The van der Waals surface area contributed by atoms with E-state index >= 15 is 0 Å². The average Bonchev–Trinajstić information content (AvgIpc) is 3.03. The smallest absolute Gasteiger partial charge is 0.242 e. The minimum Gasteiger partial charge on any atom is -0.263 e. The SMILES string of the molecule is O=S(=O)(NCc1nnnn1C1CCCCC1)c1cccnc1. The van der Waals surface area contributed by atoms with Crippen LogP contribution in [-0.4, -0.2) is 33.6 Å². The van der Waals surface area contributed by atoms with Crippen molar-refractivity contribution in [1.82, 2.24) is 29.9 Å². The average molecular weight is 322 g/mol. The van der Waals surface area contributed by atoms with Gasteiger partial charge in [0.2, 0.25) is 10.0 Å². The predicted octanol–water partition coefficient (Wildman–Crippen LogP) is 1.05. The van der Waals surface area contributed by atoms with Crippen molar-refractivity contribution in [2.45, 2.75) is 49.6 Å². The van der Waals surface area contributed by atoms with Gasteiger partial charge in [-0.1, -0.05) is 19.3 Å². The highest BCUT2D eigenvalue weighted by atomic mass is 32.2. The number of aromatic nitrogens is 5. The normalized spacial score (nSPS) is 16.7. The number of tetrazole rings is 1. The van der Waals surface area contributed by atoms with Gasteiger partial charge in [-0.25, -0.2) is 17.8 Å². The van der Waals surface area contributed by atoms with Crippen molar-refractivity contribution >= 4 is 10.0 Å². The first kappa shape index (κ1) is 15.0. The molecule has 1 aliphatic carbocycles. The van der Waals surface area contributed by atoms with Crippen LogP contribution in [0.15, 0.2) is 29.4 Å². The van der Waals surface area contributed by atoms with E-state index in [2.05, 4.69) is 25.2 Å². The minimum atomic E-state index is -3.61. The summed E-state index contributed by atoms with van der Waals surface area (Å²) in [6, 6.07) is 3.35. The lowest BCUT2D eigenvalue weighted by molar-refractivity contribution is 0.316. The summed E-state index contributed by atoms with van der Waals surface area (Å²) in [4.78, 5) is 3.95. The summed E-state index contributed by atoms with van der Waals surface area (Å²) in [7, 11) is -3.61. The molecule has 0 spiro atoms. The van der Waals surface area contributed by atoms with Gasteiger partial charge in [0, 0.05) is 12.4 Å². The molecule has 2 aromatic rings. The fraction of sp³-hybridized carbons (Fsp3) is 0.538. The third-order valence-corrected chi connectivity index (χ3v) is 5.23. The van der Waals surface area contributed by atoms with E-state index in [0.29, 0.717) is 5.82 Å². The monoisotopic (exact) mass is 322 g/mol. The van der Waals surface area contributed by atoms with Gasteiger partial charge in [-0.15, -0.1) is 5.10 Å². The summed E-state index contributed by atoms with van der Waals surface area (Å²) in [6.07, 6.45) is 8.47. The zero-order valence-corrected chi connectivity index (χ0v) is 12.9. The molecular weight excluding hydrogens is 304 g/mol. The molecule has 8 nitrogen and oxygen atoms in total. The standard InChI is InChI=1S/C13H18N6O2S/c20-22(21,12-7-4-8-14-9-12)15-10-13-16-17-18-19(13)11-5-2-1-3-6-11/h4,7-9,11,15H,1-3,5-6,10H2. The first-order valence-electron chi connectivity index (χ1n) is 7.33. The van der Waals surface area contributed by atoms with Gasteiger partial charge in [-0.2, -0.15) is 0 Å². The van der Waals surface area contributed by atoms with Gasteiger partial charge in [-0.3, -0.25) is 4.98 Å². The Morgan fingerprint density at radius 1 is 1.27 bits per heavy atom. The number of sulfonamides is 1. The Labute approximate surface area is 129 Å². The number of hydrogen-bond donors (Lipinski definition) is 1. The fourth-order valence-electron chi connectivity index (χ4n) is 2.69. The molecular formula is C13H18N6O2S. The maximum absolute atomic E-state index is 12.2. The lowest BCUT2D eigenvalue weighted by Gasteiger charge is -2.22. The summed E-state index contributed by atoms with van der Waals surface area (Å²) in [5, 5.41) is 11.7. The lowest BCUT2D eigenvalue weighted by Crippen LogP contribution is -2.26. The third kappa shape index (κ3) is 3.30. The van der Waals surface area contributed by atoms with Crippen LogP contribution in [-0.2, 0) is 16.6 Å². The molecule has 2 heterocycles. The molecule has 0 saturated heterocycles. The predicted molar refractivity (Wildman–Crippen MR) is 78.2 cm³/mol. The van der Waals surface area contributed by atoms with E-state index in [1.807, 2.05) is 0 Å². The minimum absolute atomic E-state index is 0.0702. The second-order valence-corrected chi connectivity index (χ2v) is 7.11. The first-order valence-corrected chi connectivity index (χ1v) is 8.81. The molecule has 0 bridgehead atoms. The zero-order valence-electron chi connectivity index (χ0n) is 12.1. The van der Waals surface area contributed by atoms with Crippen LogP contribution >= 0.6 is 0 Å². The van der Waals surface area contributed by atoms with E-state index in [0.717, 1.165) is 25.7 Å². The van der Waals surface area contributed by atoms with Crippen LogP contribution in [0, 0.1) is 0 Å². The highest BCUT2D eigenvalue weighted by Crippen LogP contribution is 2.27. The van der Waals surface area contributed by atoms with Crippen LogP contribution in [0.2, 0.25) is 0 Å². The van der Waals surface area contributed by atoms with Crippen LogP contribution in [0.25, 0.3) is 0 Å². The molecule has 3 rings (SSSR count). The summed E-state index contributed by atoms with van der Waals surface area (Å²) in [5.74, 6) is 0.541. The largest absolute Gasteiger partial charge is 0.263 e. The molecule has 1 aliphatic rings. The Balaban J connectivity index is 1.71. The quantitative estimate of drug-likeness (QED) is 0.882. The molecule has 0 atom stereocenters. The molecule has 0 aliphatic heterocycles. The van der Waals surface area contributed by atoms with E-state index in [1.54, 1.807) is 10.7 Å². The molecule has 1 N–H and O–H groups in total. The van der Waals surface area contributed by atoms with E-state index in [-0.39, 0.29) is 17.5 Å². The van der Waals surface area contributed by atoms with E-state index in [4.69, 9.17) is 0 Å². The van der Waals surface area contributed by atoms with Crippen LogP contribution in [0.3, 0.4) is 0 Å². The molecule has 0 aromatic carbocycles. The van der Waals surface area contributed by atoms with Gasteiger partial charge in [-0.05, 0) is 35.4 Å². The zero-order chi connectivity index (χ0) is 15.4. The Kier molecular flexibility index (Phi) is 4.44. The second-order valence-electron chi connectivity index (χ2n) is 5.34. The Morgan fingerprint density at radius 3 is 2.82 bits per heavy atom. The van der Waals surface area contributed by atoms with Crippen molar-refractivity contribution in [1.29, 1.82) is 0 Å². The lowest BCUT2D eigenvalue weighted by atomic mass is 9.96. The van der Waals surface area contributed by atoms with Crippen LogP contribution < -0.4 is 4.72 Å². The molecule has 1 fully saturated rings. The molecule has 2 aromatic heterocycles. The van der Waals surface area contributed by atoms with Gasteiger partial charge in [0.05, 0.1) is 12.6 Å². The fourth-order valence-corrected chi connectivity index (χ4v) is 3.63. The highest BCUT2D eigenvalue weighted by molar-refractivity contribution is 7.89. The summed E-state index contributed by atoms with van der Waals surface area (Å²) in [5.41, 5.74) is 0. The number of nitrogens with one attached hydrogen (secondary N) is 1. The maximum atomic E-state index is 12.2. The van der Waals surface area contributed by atoms with Crippen molar-refractivity contribution in [3.05, 3.63) is 30.4 Å². The summed E-state index contributed by atoms with van der Waals surface area (Å²) in [6.45, 7) is 0.0702. The van der Waals surface area contributed by atoms with Gasteiger partial charge < -0.3 is 0 Å². The number of nitrogens with zero attached hydrogens (tertiary/aromatic N) is 5. The second kappa shape index (κ2) is 6.49. The Hall–Kier alpha value is -1.87. The van der Waals surface area contributed by atoms with Gasteiger partial charge in [0.15, 0.2) is 5.82 Å². The van der Waals surface area contributed by atoms with Crippen molar-refractivity contribution in [3.8, 4) is 0 Å². The molecule has 0 radical (unpaired) electrons. The molecule has 0 amide bonds. The van der Waals surface area contributed by atoms with E-state index < -0.39 is 10.0 Å². The molecule has 22 heavy (non-hydrogen) atoms. The van der Waals surface area contributed by atoms with Crippen molar-refractivity contribution < 1.29 is 8.42 Å². The van der Waals surface area contributed by atoms with E-state index in [9.17, 15) is 8.42 Å². The number of pyridine rings is 1. The number of hydrogen-bond acceptors (Lipinski definition) is 6. The summed E-state index contributed by atoms with van der Waals surface area (Å²) >= 11 is 0.